The number of pyridine rings is 1. The first-order chi connectivity index (χ1) is 5.43. The third-order valence-electron chi connectivity index (χ3n) is 0.990. The molecule has 1 aromatic heterocycles. The van der Waals surface area contributed by atoms with Crippen molar-refractivity contribution in [2.75, 3.05) is 0 Å². The Bertz CT molecular complexity index is 246. The molecular formula is C7H6N2O2. The van der Waals surface area contributed by atoms with E-state index in [9.17, 15) is 4.79 Å². The Balaban J connectivity index is 2.57. The Morgan fingerprint density at radius 2 is 2.55 bits per heavy atom. The van der Waals surface area contributed by atoms with Gasteiger partial charge in [-0.3, -0.25) is 9.78 Å². The van der Waals surface area contributed by atoms with Crippen LogP contribution in [0.3, 0.4) is 0 Å². The van der Waals surface area contributed by atoms with Gasteiger partial charge in [-0.2, -0.15) is 0 Å². The van der Waals surface area contributed by atoms with E-state index in [4.69, 9.17) is 0 Å². The summed E-state index contributed by atoms with van der Waals surface area (Å²) >= 11 is 0. The van der Waals surface area contributed by atoms with Crippen LogP contribution in [-0.2, 0) is 9.63 Å². The summed E-state index contributed by atoms with van der Waals surface area (Å²) in [6.07, 6.45) is 4.66. The van der Waals surface area contributed by atoms with Crippen LogP contribution in [0.5, 0.6) is 0 Å². The van der Waals surface area contributed by atoms with Gasteiger partial charge >= 0.3 is 6.47 Å². The molecule has 0 fully saturated rings. The predicted octanol–water partition coefficient (Wildman–Crippen LogP) is 0.589. The van der Waals surface area contributed by atoms with Crippen LogP contribution in [0.15, 0.2) is 29.7 Å². The van der Waals surface area contributed by atoms with Crippen LogP contribution in [-0.4, -0.2) is 17.7 Å². The number of hydrogen-bond donors (Lipinski definition) is 0. The van der Waals surface area contributed by atoms with Crippen LogP contribution in [0.4, 0.5) is 0 Å². The molecular weight excluding hydrogens is 144 g/mol. The molecule has 0 radical (unpaired) electrons. The summed E-state index contributed by atoms with van der Waals surface area (Å²) in [6, 6.07) is 3.56. The van der Waals surface area contributed by atoms with E-state index in [1.165, 1.54) is 6.21 Å². The summed E-state index contributed by atoms with van der Waals surface area (Å²) in [5.74, 6) is 0. The van der Waals surface area contributed by atoms with Gasteiger partial charge in [0, 0.05) is 18.0 Å². The summed E-state index contributed by atoms with van der Waals surface area (Å²) in [6.45, 7) is 0.257. The summed E-state index contributed by atoms with van der Waals surface area (Å²) in [5, 5.41) is 3.33. The fourth-order valence-corrected chi connectivity index (χ4v) is 0.568. The second kappa shape index (κ2) is 4.16. The molecule has 11 heavy (non-hydrogen) atoms. The van der Waals surface area contributed by atoms with E-state index >= 15 is 0 Å². The maximum atomic E-state index is 9.64. The third-order valence-corrected chi connectivity index (χ3v) is 0.990. The maximum Gasteiger partial charge on any atom is 0.323 e. The highest BCUT2D eigenvalue weighted by molar-refractivity contribution is 5.78. The lowest BCUT2D eigenvalue weighted by molar-refractivity contribution is -0.128. The van der Waals surface area contributed by atoms with Gasteiger partial charge < -0.3 is 4.84 Å². The number of aromatic nitrogens is 1. The topological polar surface area (TPSA) is 51.5 Å². The lowest BCUT2D eigenvalue weighted by Gasteiger charge is -1.86. The van der Waals surface area contributed by atoms with E-state index < -0.39 is 0 Å². The minimum atomic E-state index is 0.257. The number of hydrogen-bond acceptors (Lipinski definition) is 4. The standard InChI is InChI=1S/C7H6N2O2/c10-6-11-9-5-7-2-1-3-8-4-7/h1-6H/b9-5+. The number of oxime groups is 1. The van der Waals surface area contributed by atoms with Gasteiger partial charge in [-0.1, -0.05) is 11.2 Å². The van der Waals surface area contributed by atoms with Crippen LogP contribution < -0.4 is 0 Å². The molecule has 0 saturated heterocycles. The largest absolute Gasteiger partial charge is 0.323 e. The van der Waals surface area contributed by atoms with Crippen molar-refractivity contribution < 1.29 is 9.63 Å². The van der Waals surface area contributed by atoms with E-state index in [0.29, 0.717) is 0 Å². The first kappa shape index (κ1) is 7.40. The van der Waals surface area contributed by atoms with Crippen molar-refractivity contribution in [2.24, 2.45) is 5.16 Å². The van der Waals surface area contributed by atoms with Gasteiger partial charge in [0.2, 0.25) is 0 Å². The lowest BCUT2D eigenvalue weighted by Crippen LogP contribution is -1.83. The molecule has 56 valence electrons. The van der Waals surface area contributed by atoms with E-state index in [1.54, 1.807) is 24.5 Å². The van der Waals surface area contributed by atoms with Crippen molar-refractivity contribution in [3.63, 3.8) is 0 Å². The molecule has 0 spiro atoms. The van der Waals surface area contributed by atoms with Crippen LogP contribution >= 0.6 is 0 Å². The summed E-state index contributed by atoms with van der Waals surface area (Å²) in [7, 11) is 0. The highest BCUT2D eigenvalue weighted by atomic mass is 16.7. The maximum absolute atomic E-state index is 9.64. The van der Waals surface area contributed by atoms with Crippen molar-refractivity contribution >= 4 is 12.7 Å². The number of carbonyl (C=O) groups excluding carboxylic acids is 1. The fourth-order valence-electron chi connectivity index (χ4n) is 0.568. The van der Waals surface area contributed by atoms with Crippen molar-refractivity contribution in [3.8, 4) is 0 Å². The van der Waals surface area contributed by atoms with Crippen molar-refractivity contribution in [1.29, 1.82) is 0 Å². The van der Waals surface area contributed by atoms with Crippen LogP contribution in [0.25, 0.3) is 0 Å². The Labute approximate surface area is 63.5 Å². The zero-order valence-electron chi connectivity index (χ0n) is 5.68. The highest BCUT2D eigenvalue weighted by Gasteiger charge is 1.82. The van der Waals surface area contributed by atoms with Gasteiger partial charge in [0.15, 0.2) is 0 Å². The molecule has 0 unspecified atom stereocenters. The molecule has 1 rings (SSSR count). The minimum Gasteiger partial charge on any atom is -0.322 e. The van der Waals surface area contributed by atoms with E-state index in [2.05, 4.69) is 15.0 Å². The molecule has 0 aliphatic rings. The average Bonchev–Trinajstić information content (AvgIpc) is 2.07. The molecule has 0 atom stereocenters. The second-order valence-corrected chi connectivity index (χ2v) is 1.72. The van der Waals surface area contributed by atoms with Crippen molar-refractivity contribution in [3.05, 3.63) is 30.1 Å². The SMILES string of the molecule is O=CO/N=C/c1cccnc1. The number of nitrogens with zero attached hydrogens (tertiary/aromatic N) is 2. The second-order valence-electron chi connectivity index (χ2n) is 1.72. The van der Waals surface area contributed by atoms with Crippen molar-refractivity contribution in [1.82, 2.24) is 4.98 Å². The van der Waals surface area contributed by atoms with Gasteiger partial charge in [0.25, 0.3) is 0 Å². The molecule has 0 saturated carbocycles. The van der Waals surface area contributed by atoms with E-state index in [-0.39, 0.29) is 6.47 Å². The van der Waals surface area contributed by atoms with Crippen LogP contribution in [0.1, 0.15) is 5.56 Å². The van der Waals surface area contributed by atoms with Gasteiger partial charge in [0.1, 0.15) is 0 Å². The quantitative estimate of drug-likeness (QED) is 0.274. The minimum absolute atomic E-state index is 0.257. The summed E-state index contributed by atoms with van der Waals surface area (Å²) < 4.78 is 0. The fraction of sp³-hybridized carbons (Fsp3) is 0. The first-order valence-corrected chi connectivity index (χ1v) is 2.96. The predicted molar refractivity (Wildman–Crippen MR) is 39.0 cm³/mol. The Kier molecular flexibility index (Phi) is 2.80. The molecule has 0 amide bonds. The monoisotopic (exact) mass is 150 g/mol. The lowest BCUT2D eigenvalue weighted by atomic mass is 10.3. The van der Waals surface area contributed by atoms with Gasteiger partial charge in [-0.25, -0.2) is 0 Å². The normalized spacial score (nSPS) is 9.82. The molecule has 0 aliphatic carbocycles. The van der Waals surface area contributed by atoms with Gasteiger partial charge in [0.05, 0.1) is 6.21 Å². The molecule has 0 aliphatic heterocycles. The van der Waals surface area contributed by atoms with E-state index in [0.717, 1.165) is 5.56 Å². The smallest absolute Gasteiger partial charge is 0.322 e. The third kappa shape index (κ3) is 2.57. The molecule has 0 N–H and O–H groups in total. The Morgan fingerprint density at radius 1 is 1.64 bits per heavy atom. The molecule has 4 nitrogen and oxygen atoms in total. The molecule has 0 bridgehead atoms. The highest BCUT2D eigenvalue weighted by Crippen LogP contribution is 1.89. The van der Waals surface area contributed by atoms with Crippen LogP contribution in [0.2, 0.25) is 0 Å². The summed E-state index contributed by atoms with van der Waals surface area (Å²) in [4.78, 5) is 17.6. The molecule has 4 heteroatoms. The van der Waals surface area contributed by atoms with Gasteiger partial charge in [-0.05, 0) is 6.07 Å². The van der Waals surface area contributed by atoms with Crippen molar-refractivity contribution in [2.45, 2.75) is 0 Å². The van der Waals surface area contributed by atoms with Crippen LogP contribution in [0, 0.1) is 0 Å². The molecule has 1 aromatic rings. The van der Waals surface area contributed by atoms with E-state index in [1.807, 2.05) is 0 Å². The number of rotatable bonds is 3. The first-order valence-electron chi connectivity index (χ1n) is 2.96. The number of carbonyl (C=O) groups is 1. The Morgan fingerprint density at radius 3 is 3.18 bits per heavy atom. The van der Waals surface area contributed by atoms with Gasteiger partial charge in [-0.15, -0.1) is 0 Å². The molecule has 0 aromatic carbocycles. The molecule has 1 heterocycles. The Hall–Kier alpha value is -1.71. The zero-order chi connectivity index (χ0) is 7.94. The summed E-state index contributed by atoms with van der Waals surface area (Å²) in [5.41, 5.74) is 0.786. The average molecular weight is 150 g/mol. The zero-order valence-corrected chi connectivity index (χ0v) is 5.68.